The smallest absolute Gasteiger partial charge is 0.0994 e. The summed E-state index contributed by atoms with van der Waals surface area (Å²) in [4.78, 5) is 6.59. The average molecular weight is 422 g/mol. The van der Waals surface area contributed by atoms with Crippen LogP contribution in [0.1, 0.15) is 29.5 Å². The average Bonchev–Trinajstić information content (AvgIpc) is 3.29. The second-order valence-corrected chi connectivity index (χ2v) is 7.59. The van der Waals surface area contributed by atoms with E-state index in [-0.39, 0.29) is 12.4 Å². The first-order chi connectivity index (χ1) is 14.3. The standard InChI is InChI=1S/C24H27N5.ClH/c25-17-20-5-4-6-21(18-28-16-13-26-19-28)24(20)9-12-27-22-10-14-29(15-11-22)23-7-2-1-3-8-23;/h1-8,13,16,19,22,27H,9-12,14-15,18H2;1H. The van der Waals surface area contributed by atoms with Crippen LogP contribution in [0, 0.1) is 11.3 Å². The summed E-state index contributed by atoms with van der Waals surface area (Å²) in [6.45, 7) is 3.82. The summed E-state index contributed by atoms with van der Waals surface area (Å²) in [5.74, 6) is 0. The van der Waals surface area contributed by atoms with Gasteiger partial charge >= 0.3 is 0 Å². The lowest BCUT2D eigenvalue weighted by Gasteiger charge is -2.34. The summed E-state index contributed by atoms with van der Waals surface area (Å²) >= 11 is 0. The van der Waals surface area contributed by atoms with Gasteiger partial charge in [0.25, 0.3) is 0 Å². The predicted molar refractivity (Wildman–Crippen MR) is 123 cm³/mol. The third-order valence-corrected chi connectivity index (χ3v) is 5.73. The number of aromatic nitrogens is 2. The maximum absolute atomic E-state index is 9.56. The van der Waals surface area contributed by atoms with Crippen LogP contribution in [-0.4, -0.2) is 35.2 Å². The van der Waals surface area contributed by atoms with Crippen molar-refractivity contribution in [2.75, 3.05) is 24.5 Å². The molecule has 0 amide bonds. The Bertz CT molecular complexity index is 941. The van der Waals surface area contributed by atoms with Gasteiger partial charge in [0.15, 0.2) is 0 Å². The number of benzene rings is 2. The van der Waals surface area contributed by atoms with E-state index in [4.69, 9.17) is 0 Å². The highest BCUT2D eigenvalue weighted by atomic mass is 35.5. The number of rotatable bonds is 7. The van der Waals surface area contributed by atoms with Crippen LogP contribution in [0.2, 0.25) is 0 Å². The van der Waals surface area contributed by atoms with E-state index in [9.17, 15) is 5.26 Å². The molecule has 0 bridgehead atoms. The Balaban J connectivity index is 0.00000256. The minimum atomic E-state index is 0. The number of halogens is 1. The van der Waals surface area contributed by atoms with E-state index in [1.54, 1.807) is 6.20 Å². The van der Waals surface area contributed by atoms with E-state index in [1.165, 1.54) is 11.3 Å². The summed E-state index contributed by atoms with van der Waals surface area (Å²) < 4.78 is 2.05. The molecule has 2 aromatic carbocycles. The molecule has 2 heterocycles. The lowest BCUT2D eigenvalue weighted by Crippen LogP contribution is -2.43. The number of para-hydroxylation sites is 1. The molecule has 1 fully saturated rings. The molecule has 0 radical (unpaired) electrons. The number of imidazole rings is 1. The second kappa shape index (κ2) is 10.8. The van der Waals surface area contributed by atoms with Gasteiger partial charge < -0.3 is 14.8 Å². The molecule has 1 aromatic heterocycles. The Hall–Kier alpha value is -2.81. The molecule has 5 nitrogen and oxygen atoms in total. The van der Waals surface area contributed by atoms with Crippen LogP contribution in [-0.2, 0) is 13.0 Å². The summed E-state index contributed by atoms with van der Waals surface area (Å²) in [7, 11) is 0. The molecular weight excluding hydrogens is 394 g/mol. The van der Waals surface area contributed by atoms with Gasteiger partial charge in [-0.05, 0) is 55.1 Å². The van der Waals surface area contributed by atoms with Gasteiger partial charge in [-0.3, -0.25) is 0 Å². The molecule has 0 atom stereocenters. The number of hydrogen-bond acceptors (Lipinski definition) is 4. The fraction of sp³-hybridized carbons (Fsp3) is 0.333. The Labute approximate surface area is 184 Å². The SMILES string of the molecule is Cl.N#Cc1cccc(Cn2ccnc2)c1CCNC1CCN(c2ccccc2)CC1. The van der Waals surface area contributed by atoms with Crippen LogP contribution in [0.5, 0.6) is 0 Å². The van der Waals surface area contributed by atoms with Gasteiger partial charge in [0.1, 0.15) is 0 Å². The van der Waals surface area contributed by atoms with Crippen LogP contribution in [0.25, 0.3) is 0 Å². The third-order valence-electron chi connectivity index (χ3n) is 5.73. The molecule has 4 rings (SSSR count). The van der Waals surface area contributed by atoms with Crippen LogP contribution in [0.4, 0.5) is 5.69 Å². The van der Waals surface area contributed by atoms with E-state index in [0.29, 0.717) is 6.04 Å². The van der Waals surface area contributed by atoms with Crippen molar-refractivity contribution in [3.05, 3.63) is 83.9 Å². The van der Waals surface area contributed by atoms with Crippen molar-refractivity contribution >= 4 is 18.1 Å². The predicted octanol–water partition coefficient (Wildman–Crippen LogP) is 4.03. The number of nitrogens with one attached hydrogen (secondary N) is 1. The number of nitriles is 1. The highest BCUT2D eigenvalue weighted by molar-refractivity contribution is 5.85. The zero-order valence-electron chi connectivity index (χ0n) is 17.1. The molecule has 1 aliphatic heterocycles. The van der Waals surface area contributed by atoms with Crippen molar-refractivity contribution in [3.8, 4) is 6.07 Å². The zero-order chi connectivity index (χ0) is 19.9. The molecule has 30 heavy (non-hydrogen) atoms. The lowest BCUT2D eigenvalue weighted by molar-refractivity contribution is 0.417. The van der Waals surface area contributed by atoms with E-state index in [0.717, 1.165) is 56.6 Å². The Kier molecular flexibility index (Phi) is 7.89. The Morgan fingerprint density at radius 1 is 1.07 bits per heavy atom. The monoisotopic (exact) mass is 421 g/mol. The molecule has 0 saturated carbocycles. The molecule has 1 aliphatic rings. The number of hydrogen-bond donors (Lipinski definition) is 1. The number of piperidine rings is 1. The summed E-state index contributed by atoms with van der Waals surface area (Å²) in [6, 6.07) is 19.6. The van der Waals surface area contributed by atoms with Crippen molar-refractivity contribution in [2.45, 2.75) is 31.8 Å². The first-order valence-corrected chi connectivity index (χ1v) is 10.3. The van der Waals surface area contributed by atoms with Crippen molar-refractivity contribution in [3.63, 3.8) is 0 Å². The topological polar surface area (TPSA) is 56.9 Å². The molecule has 3 aromatic rings. The highest BCUT2D eigenvalue weighted by Gasteiger charge is 2.19. The molecule has 1 saturated heterocycles. The van der Waals surface area contributed by atoms with Gasteiger partial charge in [-0.15, -0.1) is 12.4 Å². The largest absolute Gasteiger partial charge is 0.371 e. The highest BCUT2D eigenvalue weighted by Crippen LogP contribution is 2.20. The van der Waals surface area contributed by atoms with E-state index < -0.39 is 0 Å². The molecule has 0 spiro atoms. The first kappa shape index (κ1) is 21.9. The van der Waals surface area contributed by atoms with Crippen LogP contribution in [0.15, 0.2) is 67.3 Å². The molecular formula is C24H28ClN5. The fourth-order valence-electron chi connectivity index (χ4n) is 4.14. The zero-order valence-corrected chi connectivity index (χ0v) is 17.9. The van der Waals surface area contributed by atoms with Gasteiger partial charge in [0, 0.05) is 43.8 Å². The first-order valence-electron chi connectivity index (χ1n) is 10.3. The van der Waals surface area contributed by atoms with Gasteiger partial charge in [0.2, 0.25) is 0 Å². The molecule has 0 unspecified atom stereocenters. The van der Waals surface area contributed by atoms with Crippen molar-refractivity contribution in [1.82, 2.24) is 14.9 Å². The van der Waals surface area contributed by atoms with Gasteiger partial charge in [-0.1, -0.05) is 30.3 Å². The quantitative estimate of drug-likeness (QED) is 0.625. The summed E-state index contributed by atoms with van der Waals surface area (Å²) in [6.07, 6.45) is 8.74. The van der Waals surface area contributed by atoms with E-state index in [2.05, 4.69) is 57.7 Å². The van der Waals surface area contributed by atoms with Gasteiger partial charge in [-0.25, -0.2) is 4.98 Å². The normalized spacial score (nSPS) is 14.2. The third kappa shape index (κ3) is 5.41. The van der Waals surface area contributed by atoms with Gasteiger partial charge in [-0.2, -0.15) is 5.26 Å². The molecule has 6 heteroatoms. The van der Waals surface area contributed by atoms with Crippen molar-refractivity contribution < 1.29 is 0 Å². The van der Waals surface area contributed by atoms with Gasteiger partial charge in [0.05, 0.1) is 18.0 Å². The van der Waals surface area contributed by atoms with E-state index >= 15 is 0 Å². The van der Waals surface area contributed by atoms with Crippen LogP contribution < -0.4 is 10.2 Å². The minimum Gasteiger partial charge on any atom is -0.371 e. The molecule has 1 N–H and O–H groups in total. The fourth-order valence-corrected chi connectivity index (χ4v) is 4.14. The maximum Gasteiger partial charge on any atom is 0.0994 e. The van der Waals surface area contributed by atoms with Crippen LogP contribution >= 0.6 is 12.4 Å². The Morgan fingerprint density at radius 3 is 2.57 bits per heavy atom. The van der Waals surface area contributed by atoms with Crippen molar-refractivity contribution in [2.24, 2.45) is 0 Å². The maximum atomic E-state index is 9.56. The molecule has 156 valence electrons. The number of nitrogens with zero attached hydrogens (tertiary/aromatic N) is 4. The lowest BCUT2D eigenvalue weighted by atomic mass is 9.98. The molecule has 0 aliphatic carbocycles. The Morgan fingerprint density at radius 2 is 1.87 bits per heavy atom. The summed E-state index contributed by atoms with van der Waals surface area (Å²) in [5, 5.41) is 13.3. The second-order valence-electron chi connectivity index (χ2n) is 7.59. The van der Waals surface area contributed by atoms with Crippen molar-refractivity contribution in [1.29, 1.82) is 5.26 Å². The number of anilines is 1. The minimum absolute atomic E-state index is 0. The van der Waals surface area contributed by atoms with Crippen LogP contribution in [0.3, 0.4) is 0 Å². The van der Waals surface area contributed by atoms with E-state index in [1.807, 2.05) is 29.2 Å². The summed E-state index contributed by atoms with van der Waals surface area (Å²) in [5.41, 5.74) is 4.45.